The van der Waals surface area contributed by atoms with Gasteiger partial charge < -0.3 is 5.73 Å². The van der Waals surface area contributed by atoms with Gasteiger partial charge in [-0.15, -0.1) is 0 Å². The number of sulfonamides is 1. The van der Waals surface area contributed by atoms with Crippen LogP contribution in [0.5, 0.6) is 0 Å². The van der Waals surface area contributed by atoms with Gasteiger partial charge in [-0.05, 0) is 55.3 Å². The lowest BCUT2D eigenvalue weighted by molar-refractivity contribution is 0.555. The largest absolute Gasteiger partial charge is 0.383 e. The third-order valence-electron chi connectivity index (χ3n) is 5.01. The van der Waals surface area contributed by atoms with Gasteiger partial charge in [0.2, 0.25) is 0 Å². The Bertz CT molecular complexity index is 1420. The predicted octanol–water partition coefficient (Wildman–Crippen LogP) is 3.56. The van der Waals surface area contributed by atoms with E-state index in [1.807, 2.05) is 0 Å². The third-order valence-corrected chi connectivity index (χ3v) is 6.41. The van der Waals surface area contributed by atoms with Crippen molar-refractivity contribution in [2.45, 2.75) is 23.7 Å². The van der Waals surface area contributed by atoms with Crippen molar-refractivity contribution < 1.29 is 17.2 Å². The maximum atomic E-state index is 13.9. The average Bonchev–Trinajstić information content (AvgIpc) is 3.52. The van der Waals surface area contributed by atoms with Gasteiger partial charge in [-0.25, -0.2) is 27.2 Å². The predicted molar refractivity (Wildman–Crippen MR) is 111 cm³/mol. The molecule has 31 heavy (non-hydrogen) atoms. The quantitative estimate of drug-likeness (QED) is 0.434. The molecule has 0 spiro atoms. The number of rotatable bonds is 5. The van der Waals surface area contributed by atoms with E-state index in [0.29, 0.717) is 34.8 Å². The van der Waals surface area contributed by atoms with Gasteiger partial charge in [0, 0.05) is 17.2 Å². The standard InChI is InChI=1S/C20H16F2N6O2S/c21-12-5-8-14(22)15(9-12)31(29,30)28-13-6-3-11(4-7-13)19-24-17(10-1-2-10)16-18(23)26-27-20(16)25-19/h3-10,28H,1-2H2,(H3,23,24,25,26,27). The van der Waals surface area contributed by atoms with Gasteiger partial charge in [-0.3, -0.25) is 9.82 Å². The van der Waals surface area contributed by atoms with E-state index in [1.54, 1.807) is 12.1 Å². The van der Waals surface area contributed by atoms with Crippen molar-refractivity contribution in [3.63, 3.8) is 0 Å². The Labute approximate surface area is 175 Å². The molecule has 1 aliphatic carbocycles. The van der Waals surface area contributed by atoms with Crippen molar-refractivity contribution in [1.29, 1.82) is 0 Å². The van der Waals surface area contributed by atoms with Crippen LogP contribution in [-0.4, -0.2) is 28.6 Å². The number of aromatic amines is 1. The van der Waals surface area contributed by atoms with E-state index in [-0.39, 0.29) is 5.69 Å². The van der Waals surface area contributed by atoms with Crippen molar-refractivity contribution in [3.05, 3.63) is 59.8 Å². The van der Waals surface area contributed by atoms with Crippen LogP contribution in [0.3, 0.4) is 0 Å². The summed E-state index contributed by atoms with van der Waals surface area (Å²) in [6.45, 7) is 0. The number of H-pyrrole nitrogens is 1. The first-order chi connectivity index (χ1) is 14.8. The fourth-order valence-electron chi connectivity index (χ4n) is 3.34. The number of nitrogens with zero attached hydrogens (tertiary/aromatic N) is 3. The van der Waals surface area contributed by atoms with Gasteiger partial charge in [0.05, 0.1) is 11.1 Å². The highest BCUT2D eigenvalue weighted by Gasteiger charge is 2.30. The molecule has 0 bridgehead atoms. The van der Waals surface area contributed by atoms with Crippen molar-refractivity contribution in [3.8, 4) is 11.4 Å². The molecule has 0 saturated heterocycles. The Morgan fingerprint density at radius 3 is 2.52 bits per heavy atom. The smallest absolute Gasteiger partial charge is 0.264 e. The molecule has 0 atom stereocenters. The minimum absolute atomic E-state index is 0.180. The van der Waals surface area contributed by atoms with Crippen LogP contribution >= 0.6 is 0 Å². The van der Waals surface area contributed by atoms with Crippen LogP contribution < -0.4 is 10.5 Å². The van der Waals surface area contributed by atoms with Crippen LogP contribution in [0.25, 0.3) is 22.4 Å². The van der Waals surface area contributed by atoms with Crippen molar-refractivity contribution in [2.75, 3.05) is 10.5 Å². The summed E-state index contributed by atoms with van der Waals surface area (Å²) in [4.78, 5) is 8.34. The monoisotopic (exact) mass is 442 g/mol. The molecule has 2 aromatic heterocycles. The first-order valence-electron chi connectivity index (χ1n) is 9.41. The molecule has 2 aromatic carbocycles. The second-order valence-electron chi connectivity index (χ2n) is 7.30. The average molecular weight is 442 g/mol. The molecule has 1 aliphatic rings. The molecule has 4 N–H and O–H groups in total. The van der Waals surface area contributed by atoms with Gasteiger partial charge in [0.1, 0.15) is 22.3 Å². The van der Waals surface area contributed by atoms with Crippen LogP contribution in [0.4, 0.5) is 20.3 Å². The molecule has 4 aromatic rings. The molecular formula is C20H16F2N6O2S. The van der Waals surface area contributed by atoms with E-state index in [2.05, 4.69) is 24.9 Å². The van der Waals surface area contributed by atoms with Crippen LogP contribution in [0, 0.1) is 11.6 Å². The molecule has 0 aliphatic heterocycles. The highest BCUT2D eigenvalue weighted by atomic mass is 32.2. The fourth-order valence-corrected chi connectivity index (χ4v) is 4.48. The first-order valence-corrected chi connectivity index (χ1v) is 10.9. The number of nitrogens with one attached hydrogen (secondary N) is 2. The van der Waals surface area contributed by atoms with Crippen LogP contribution in [0.2, 0.25) is 0 Å². The first kappa shape index (κ1) is 19.4. The molecule has 0 radical (unpaired) electrons. The van der Waals surface area contributed by atoms with E-state index in [1.165, 1.54) is 12.1 Å². The number of halogens is 2. The van der Waals surface area contributed by atoms with E-state index < -0.39 is 26.6 Å². The summed E-state index contributed by atoms with van der Waals surface area (Å²) in [7, 11) is -4.30. The maximum absolute atomic E-state index is 13.9. The normalized spacial score (nSPS) is 14.1. The lowest BCUT2D eigenvalue weighted by Gasteiger charge is -2.10. The molecular weight excluding hydrogens is 426 g/mol. The number of nitrogens with two attached hydrogens (primary N) is 1. The Morgan fingerprint density at radius 1 is 1.06 bits per heavy atom. The minimum atomic E-state index is -4.30. The Balaban J connectivity index is 1.46. The van der Waals surface area contributed by atoms with E-state index in [9.17, 15) is 17.2 Å². The van der Waals surface area contributed by atoms with Gasteiger partial charge >= 0.3 is 0 Å². The Morgan fingerprint density at radius 2 is 1.81 bits per heavy atom. The second-order valence-corrected chi connectivity index (χ2v) is 8.95. The number of aromatic nitrogens is 4. The zero-order chi connectivity index (χ0) is 21.8. The lowest BCUT2D eigenvalue weighted by Crippen LogP contribution is -2.14. The van der Waals surface area contributed by atoms with Gasteiger partial charge in [0.15, 0.2) is 11.5 Å². The van der Waals surface area contributed by atoms with Gasteiger partial charge in [-0.1, -0.05) is 0 Å². The molecule has 0 unspecified atom stereocenters. The Kier molecular flexibility index (Phi) is 4.36. The topological polar surface area (TPSA) is 127 Å². The van der Waals surface area contributed by atoms with Crippen LogP contribution in [0.1, 0.15) is 24.5 Å². The second kappa shape index (κ2) is 6.98. The van der Waals surface area contributed by atoms with E-state index in [0.717, 1.165) is 36.1 Å². The molecule has 1 saturated carbocycles. The summed E-state index contributed by atoms with van der Waals surface area (Å²) in [6.07, 6.45) is 2.04. The Hall–Kier alpha value is -3.60. The summed E-state index contributed by atoms with van der Waals surface area (Å²) < 4.78 is 54.4. The van der Waals surface area contributed by atoms with Crippen LogP contribution in [-0.2, 0) is 10.0 Å². The molecule has 5 rings (SSSR count). The zero-order valence-electron chi connectivity index (χ0n) is 15.9. The zero-order valence-corrected chi connectivity index (χ0v) is 16.7. The lowest BCUT2D eigenvalue weighted by atomic mass is 10.1. The molecule has 2 heterocycles. The molecule has 8 nitrogen and oxygen atoms in total. The summed E-state index contributed by atoms with van der Waals surface area (Å²) in [5, 5.41) is 7.59. The SMILES string of the molecule is Nc1[nH]nc2nc(-c3ccc(NS(=O)(=O)c4cc(F)ccc4F)cc3)nc(C3CC3)c12. The van der Waals surface area contributed by atoms with Gasteiger partial charge in [-0.2, -0.15) is 5.10 Å². The third kappa shape index (κ3) is 3.56. The van der Waals surface area contributed by atoms with Gasteiger partial charge in [0.25, 0.3) is 10.0 Å². The van der Waals surface area contributed by atoms with Crippen molar-refractivity contribution >= 4 is 32.6 Å². The summed E-state index contributed by atoms with van der Waals surface area (Å²) >= 11 is 0. The van der Waals surface area contributed by atoms with E-state index in [4.69, 9.17) is 5.73 Å². The number of hydrogen-bond donors (Lipinski definition) is 3. The number of hydrogen-bond acceptors (Lipinski definition) is 6. The minimum Gasteiger partial charge on any atom is -0.383 e. The number of anilines is 2. The van der Waals surface area contributed by atoms with E-state index >= 15 is 0 Å². The number of benzene rings is 2. The van der Waals surface area contributed by atoms with Crippen molar-refractivity contribution in [1.82, 2.24) is 20.2 Å². The molecule has 11 heteroatoms. The summed E-state index contributed by atoms with van der Waals surface area (Å²) in [6, 6.07) is 8.49. The highest BCUT2D eigenvalue weighted by Crippen LogP contribution is 2.43. The highest BCUT2D eigenvalue weighted by molar-refractivity contribution is 7.92. The van der Waals surface area contributed by atoms with Crippen LogP contribution in [0.15, 0.2) is 47.4 Å². The molecule has 0 amide bonds. The molecule has 1 fully saturated rings. The molecule has 158 valence electrons. The number of fused-ring (bicyclic) bond motifs is 1. The maximum Gasteiger partial charge on any atom is 0.264 e. The number of nitrogen functional groups attached to an aromatic ring is 1. The fraction of sp³-hybridized carbons (Fsp3) is 0.150. The summed E-state index contributed by atoms with van der Waals surface area (Å²) in [5.41, 5.74) is 8.10. The summed E-state index contributed by atoms with van der Waals surface area (Å²) in [5.74, 6) is -0.714. The van der Waals surface area contributed by atoms with Crippen molar-refractivity contribution in [2.24, 2.45) is 0 Å².